The fourth-order valence-corrected chi connectivity index (χ4v) is 4.63. The molecular formula is C17H16N6O5S. The second-order valence-electron chi connectivity index (χ2n) is 6.47. The Morgan fingerprint density at radius 2 is 2.03 bits per heavy atom. The molecule has 2 unspecified atom stereocenters. The first-order valence-electron chi connectivity index (χ1n) is 8.57. The van der Waals surface area contributed by atoms with E-state index >= 15 is 0 Å². The van der Waals surface area contributed by atoms with Crippen LogP contribution in [-0.4, -0.2) is 70.3 Å². The lowest BCUT2D eigenvalue weighted by atomic mass is 10.0. The van der Waals surface area contributed by atoms with Gasteiger partial charge >= 0.3 is 5.97 Å². The summed E-state index contributed by atoms with van der Waals surface area (Å²) in [4.78, 5) is 38.0. The summed E-state index contributed by atoms with van der Waals surface area (Å²) in [6.45, 7) is 0. The van der Waals surface area contributed by atoms with Crippen LogP contribution in [0.25, 0.3) is 5.57 Å². The number of hydrogen-bond acceptors (Lipinski definition) is 8. The van der Waals surface area contributed by atoms with E-state index in [4.69, 9.17) is 0 Å². The first kappa shape index (κ1) is 19.1. The summed E-state index contributed by atoms with van der Waals surface area (Å²) in [6, 6.07) is 7.39. The second kappa shape index (κ2) is 7.29. The maximum Gasteiger partial charge on any atom is 0.353 e. The average molecular weight is 416 g/mol. The normalized spacial score (nSPS) is 22.0. The Kier molecular flexibility index (Phi) is 4.80. The van der Waals surface area contributed by atoms with E-state index in [0.717, 1.165) is 4.90 Å². The third kappa shape index (κ3) is 3.15. The number of benzene rings is 1. The van der Waals surface area contributed by atoms with Gasteiger partial charge in [0.25, 0.3) is 11.8 Å². The van der Waals surface area contributed by atoms with Crippen LogP contribution in [0.4, 0.5) is 0 Å². The number of aromatic nitrogens is 4. The molecular weight excluding hydrogens is 400 g/mol. The number of β-lactam (4-membered cyclic amide) rings is 1. The van der Waals surface area contributed by atoms with Gasteiger partial charge in [0.05, 0.1) is 0 Å². The number of fused-ring (bicyclic) bond motifs is 1. The van der Waals surface area contributed by atoms with Crippen molar-refractivity contribution in [3.05, 3.63) is 47.4 Å². The summed E-state index contributed by atoms with van der Waals surface area (Å²) < 4.78 is 1.33. The van der Waals surface area contributed by atoms with Crippen LogP contribution >= 0.6 is 11.8 Å². The highest BCUT2D eigenvalue weighted by Gasteiger charge is 2.55. The molecule has 150 valence electrons. The van der Waals surface area contributed by atoms with Gasteiger partial charge in [0.2, 0.25) is 0 Å². The fraction of sp³-hybridized carbons (Fsp3) is 0.294. The van der Waals surface area contributed by atoms with Gasteiger partial charge in [-0.05, 0) is 16.0 Å². The molecule has 11 nitrogen and oxygen atoms in total. The van der Waals surface area contributed by atoms with E-state index in [9.17, 15) is 24.6 Å². The van der Waals surface area contributed by atoms with E-state index in [1.165, 1.54) is 16.4 Å². The van der Waals surface area contributed by atoms with E-state index < -0.39 is 35.3 Å². The maximum absolute atomic E-state index is 12.7. The molecule has 2 aliphatic heterocycles. The van der Waals surface area contributed by atoms with Crippen LogP contribution in [0, 0.1) is 0 Å². The van der Waals surface area contributed by atoms with Crippen LogP contribution < -0.4 is 5.32 Å². The molecule has 1 fully saturated rings. The Hall–Kier alpha value is -3.25. The number of aliphatic hydroxyl groups is 1. The van der Waals surface area contributed by atoms with Crippen molar-refractivity contribution in [2.24, 2.45) is 7.05 Å². The Labute approximate surface area is 168 Å². The zero-order valence-corrected chi connectivity index (χ0v) is 15.9. The molecule has 4 rings (SSSR count). The van der Waals surface area contributed by atoms with Crippen molar-refractivity contribution >= 4 is 35.1 Å². The largest absolute Gasteiger partial charge is 0.477 e. The number of nitrogens with zero attached hydrogens (tertiary/aromatic N) is 5. The minimum Gasteiger partial charge on any atom is -0.477 e. The van der Waals surface area contributed by atoms with Crippen molar-refractivity contribution < 1.29 is 24.6 Å². The van der Waals surface area contributed by atoms with E-state index in [2.05, 4.69) is 20.8 Å². The predicted molar refractivity (Wildman–Crippen MR) is 99.8 cm³/mol. The molecule has 3 heterocycles. The summed E-state index contributed by atoms with van der Waals surface area (Å²) >= 11 is 1.29. The number of carboxylic acids is 1. The van der Waals surface area contributed by atoms with Gasteiger partial charge < -0.3 is 15.5 Å². The summed E-state index contributed by atoms with van der Waals surface area (Å²) in [6.07, 6.45) is -1.43. The number of carbonyl (C=O) groups excluding carboxylic acids is 2. The molecule has 1 aromatic heterocycles. The number of aliphatic carboxylic acids is 1. The van der Waals surface area contributed by atoms with E-state index in [1.807, 2.05) is 0 Å². The molecule has 0 saturated carbocycles. The third-order valence-electron chi connectivity index (χ3n) is 4.72. The van der Waals surface area contributed by atoms with Crippen LogP contribution in [0.3, 0.4) is 0 Å². The molecule has 0 bridgehead atoms. The molecule has 2 aromatic rings. The Morgan fingerprint density at radius 1 is 1.31 bits per heavy atom. The first-order chi connectivity index (χ1) is 13.9. The molecule has 0 aliphatic carbocycles. The summed E-state index contributed by atoms with van der Waals surface area (Å²) in [7, 11) is 1.57. The lowest BCUT2D eigenvalue weighted by Crippen LogP contribution is -2.70. The maximum atomic E-state index is 12.7. The topological polar surface area (TPSA) is 151 Å². The van der Waals surface area contributed by atoms with Crippen LogP contribution in [0.15, 0.2) is 36.0 Å². The Balaban J connectivity index is 1.55. The Morgan fingerprint density at radius 3 is 2.66 bits per heavy atom. The number of aliphatic hydroxyl groups excluding tert-OH is 1. The predicted octanol–water partition coefficient (Wildman–Crippen LogP) is -0.861. The molecule has 12 heteroatoms. The van der Waals surface area contributed by atoms with Crippen LogP contribution in [-0.2, 0) is 21.4 Å². The molecule has 1 aromatic carbocycles. The lowest BCUT2D eigenvalue weighted by Gasteiger charge is -2.49. The van der Waals surface area contributed by atoms with Crippen molar-refractivity contribution in [3.63, 3.8) is 0 Å². The quantitative estimate of drug-likeness (QED) is 0.529. The smallest absolute Gasteiger partial charge is 0.353 e. The van der Waals surface area contributed by atoms with Gasteiger partial charge in [-0.25, -0.2) is 9.48 Å². The van der Waals surface area contributed by atoms with E-state index in [0.29, 0.717) is 11.1 Å². The van der Waals surface area contributed by atoms with E-state index in [1.54, 1.807) is 37.4 Å². The standard InChI is InChI=1S/C17H16N6O5S/c1-22-13(19-20-21-22)9-7-29-16-10(15(26)23(16)11(9)17(27)28)18-14(25)12(24)8-5-3-2-4-6-8/h2-6,10,12,16,24H,7H2,1H3,(H,18,25)(H,27,28)/t10?,12?,16-/m0/s1. The molecule has 2 aliphatic rings. The van der Waals surface area contributed by atoms with Crippen molar-refractivity contribution in [1.82, 2.24) is 30.4 Å². The average Bonchev–Trinajstić information content (AvgIpc) is 3.16. The number of amides is 2. The SMILES string of the molecule is Cn1nnnc1C1=C(C(=O)O)N2C(=O)C(NC(=O)C(O)c3ccccc3)[C@@H]2SC1. The number of hydrogen-bond donors (Lipinski definition) is 3. The third-order valence-corrected chi connectivity index (χ3v) is 6.00. The molecule has 3 atom stereocenters. The van der Waals surface area contributed by atoms with Gasteiger partial charge in [-0.15, -0.1) is 16.9 Å². The van der Waals surface area contributed by atoms with E-state index in [-0.39, 0.29) is 17.3 Å². The fourth-order valence-electron chi connectivity index (χ4n) is 3.29. The Bertz CT molecular complexity index is 1020. The number of aryl methyl sites for hydroxylation is 1. The van der Waals surface area contributed by atoms with Gasteiger partial charge in [-0.3, -0.25) is 14.5 Å². The molecule has 0 spiro atoms. The number of tetrazole rings is 1. The highest BCUT2D eigenvalue weighted by molar-refractivity contribution is 8.00. The molecule has 1 saturated heterocycles. The highest BCUT2D eigenvalue weighted by Crippen LogP contribution is 2.42. The molecule has 3 N–H and O–H groups in total. The summed E-state index contributed by atoms with van der Waals surface area (Å²) in [5.41, 5.74) is 0.521. The number of nitrogens with one attached hydrogen (secondary N) is 1. The summed E-state index contributed by atoms with van der Waals surface area (Å²) in [5.74, 6) is -2.07. The molecule has 2 amide bonds. The number of carboxylic acid groups (broad SMARTS) is 1. The van der Waals surface area contributed by atoms with Crippen molar-refractivity contribution in [2.45, 2.75) is 17.5 Å². The zero-order chi connectivity index (χ0) is 20.7. The van der Waals surface area contributed by atoms with Crippen LogP contribution in [0.2, 0.25) is 0 Å². The zero-order valence-electron chi connectivity index (χ0n) is 15.1. The minimum atomic E-state index is -1.43. The van der Waals surface area contributed by atoms with Crippen molar-refractivity contribution in [3.8, 4) is 0 Å². The highest BCUT2D eigenvalue weighted by atomic mass is 32.2. The number of carbonyl (C=O) groups is 3. The lowest BCUT2D eigenvalue weighted by molar-refractivity contribution is -0.151. The van der Waals surface area contributed by atoms with Gasteiger partial charge in [0, 0.05) is 18.4 Å². The summed E-state index contributed by atoms with van der Waals surface area (Å²) in [5, 5.41) is 32.9. The molecule has 0 radical (unpaired) electrons. The number of rotatable bonds is 5. The van der Waals surface area contributed by atoms with Gasteiger partial charge in [0.15, 0.2) is 11.9 Å². The number of thioether (sulfide) groups is 1. The van der Waals surface area contributed by atoms with Gasteiger partial charge in [-0.2, -0.15) is 0 Å². The molecule has 29 heavy (non-hydrogen) atoms. The second-order valence-corrected chi connectivity index (χ2v) is 7.57. The van der Waals surface area contributed by atoms with Crippen LogP contribution in [0.1, 0.15) is 17.5 Å². The minimum absolute atomic E-state index is 0.203. The monoisotopic (exact) mass is 416 g/mol. The van der Waals surface area contributed by atoms with Crippen LogP contribution in [0.5, 0.6) is 0 Å². The van der Waals surface area contributed by atoms with Crippen molar-refractivity contribution in [1.29, 1.82) is 0 Å². The van der Waals surface area contributed by atoms with Crippen molar-refractivity contribution in [2.75, 3.05) is 5.75 Å². The first-order valence-corrected chi connectivity index (χ1v) is 9.62. The van der Waals surface area contributed by atoms with Gasteiger partial charge in [-0.1, -0.05) is 30.3 Å². The van der Waals surface area contributed by atoms with Gasteiger partial charge in [0.1, 0.15) is 17.1 Å².